The fourth-order valence-corrected chi connectivity index (χ4v) is 5.46. The summed E-state index contributed by atoms with van der Waals surface area (Å²) in [6, 6.07) is 7.30. The summed E-state index contributed by atoms with van der Waals surface area (Å²) < 4.78 is 6.20. The smallest absolute Gasteiger partial charge is 0.174 e. The Labute approximate surface area is 190 Å². The molecule has 1 aromatic carbocycles. The number of rotatable bonds is 3. The van der Waals surface area contributed by atoms with Crippen LogP contribution < -0.4 is 0 Å². The van der Waals surface area contributed by atoms with Crippen molar-refractivity contribution in [3.63, 3.8) is 0 Å². The van der Waals surface area contributed by atoms with E-state index in [1.54, 1.807) is 18.3 Å². The highest BCUT2D eigenvalue weighted by atomic mass is 35.5. The van der Waals surface area contributed by atoms with Gasteiger partial charge in [0.1, 0.15) is 11.5 Å². The number of nitrogens with one attached hydrogen (secondary N) is 2. The highest BCUT2D eigenvalue weighted by Crippen LogP contribution is 2.46. The summed E-state index contributed by atoms with van der Waals surface area (Å²) in [5.41, 5.74) is 3.33. The van der Waals surface area contributed by atoms with Crippen molar-refractivity contribution in [3.05, 3.63) is 51.8 Å². The van der Waals surface area contributed by atoms with Gasteiger partial charge in [0.2, 0.25) is 0 Å². The van der Waals surface area contributed by atoms with Gasteiger partial charge >= 0.3 is 0 Å². The number of furan rings is 1. The summed E-state index contributed by atoms with van der Waals surface area (Å²) in [6.07, 6.45) is 3.96. The summed E-state index contributed by atoms with van der Waals surface area (Å²) in [5.74, 6) is 1.12. The highest BCUT2D eigenvalue weighted by molar-refractivity contribution is 7.99. The van der Waals surface area contributed by atoms with Crippen LogP contribution in [0, 0.1) is 5.92 Å². The first-order valence-corrected chi connectivity index (χ1v) is 11.4. The van der Waals surface area contributed by atoms with Crippen LogP contribution in [0.25, 0.3) is 11.0 Å². The lowest BCUT2D eigenvalue weighted by molar-refractivity contribution is -0.122. The number of carbonyl (C=O) groups excluding carboxylic acids is 1. The zero-order valence-corrected chi connectivity index (χ0v) is 18.3. The zero-order chi connectivity index (χ0) is 21.1. The molecule has 4 aromatic rings. The van der Waals surface area contributed by atoms with Crippen LogP contribution in [0.1, 0.15) is 36.5 Å². The zero-order valence-electron chi connectivity index (χ0n) is 16.0. The average Bonchev–Trinajstić information content (AvgIpc) is 3.47. The molecule has 10 heteroatoms. The maximum Gasteiger partial charge on any atom is 0.174 e. The van der Waals surface area contributed by atoms with Gasteiger partial charge < -0.3 is 9.40 Å². The van der Waals surface area contributed by atoms with E-state index in [1.807, 2.05) is 12.1 Å². The van der Waals surface area contributed by atoms with Crippen LogP contribution in [0.4, 0.5) is 5.82 Å². The molecule has 1 saturated carbocycles. The molecule has 0 bridgehead atoms. The lowest BCUT2D eigenvalue weighted by atomic mass is 9.72. The Morgan fingerprint density at radius 1 is 1.13 bits per heavy atom. The van der Waals surface area contributed by atoms with Gasteiger partial charge in [0.15, 0.2) is 16.1 Å². The number of H-pyrrole nitrogens is 2. The number of carbonyl (C=O) groups is 1. The second-order valence-corrected chi connectivity index (χ2v) is 9.44. The molecular weight excluding hydrogens is 457 g/mol. The van der Waals surface area contributed by atoms with Crippen molar-refractivity contribution in [2.45, 2.75) is 35.4 Å². The molecule has 1 fully saturated rings. The SMILES string of the molecule is O=C1CCCC2=Nc3[nH]ncc3C(c3ccc(Sc4nc5cc(Cl)c(Cl)cc5[nH]4)o3)C12. The predicted molar refractivity (Wildman–Crippen MR) is 119 cm³/mol. The summed E-state index contributed by atoms with van der Waals surface area (Å²) in [7, 11) is 0. The molecule has 7 nitrogen and oxygen atoms in total. The Morgan fingerprint density at radius 3 is 2.90 bits per heavy atom. The van der Waals surface area contributed by atoms with Gasteiger partial charge in [0, 0.05) is 17.7 Å². The van der Waals surface area contributed by atoms with Gasteiger partial charge in [-0.3, -0.25) is 9.89 Å². The first-order chi connectivity index (χ1) is 15.1. The molecule has 2 atom stereocenters. The Hall–Kier alpha value is -2.55. The normalized spacial score (nSPS) is 20.6. The molecule has 1 aliphatic carbocycles. The van der Waals surface area contributed by atoms with Gasteiger partial charge in [-0.15, -0.1) is 0 Å². The minimum atomic E-state index is -0.293. The second kappa shape index (κ2) is 7.25. The standard InChI is InChI=1S/C21H15Cl2N5O2S/c22-10-6-13-14(7-11(10)23)27-21(26-13)31-17-5-4-16(30-17)18-9-8-24-28-20(9)25-12-2-1-3-15(29)19(12)18/h4-8,18-19H,1-3H2,(H,24,28)(H,26,27). The van der Waals surface area contributed by atoms with E-state index in [0.717, 1.165) is 40.9 Å². The summed E-state index contributed by atoms with van der Waals surface area (Å²) >= 11 is 13.6. The summed E-state index contributed by atoms with van der Waals surface area (Å²) in [6.45, 7) is 0. The Morgan fingerprint density at radius 2 is 2.00 bits per heavy atom. The van der Waals surface area contributed by atoms with Crippen molar-refractivity contribution < 1.29 is 9.21 Å². The lowest BCUT2D eigenvalue weighted by Gasteiger charge is -2.32. The second-order valence-electron chi connectivity index (χ2n) is 7.64. The maximum absolute atomic E-state index is 12.8. The molecule has 0 spiro atoms. The van der Waals surface area contributed by atoms with Crippen molar-refractivity contribution in [2.24, 2.45) is 10.9 Å². The molecule has 6 rings (SSSR count). The van der Waals surface area contributed by atoms with Crippen molar-refractivity contribution in [3.8, 4) is 0 Å². The van der Waals surface area contributed by atoms with E-state index >= 15 is 0 Å². The number of fused-ring (bicyclic) bond motifs is 3. The molecule has 2 N–H and O–H groups in total. The average molecular weight is 472 g/mol. The fraction of sp³-hybridized carbons (Fsp3) is 0.238. The molecule has 2 unspecified atom stereocenters. The molecule has 4 heterocycles. The Bertz CT molecular complexity index is 1330. The van der Waals surface area contributed by atoms with Crippen LogP contribution in [0.2, 0.25) is 10.0 Å². The van der Waals surface area contributed by atoms with Crippen LogP contribution in [0.5, 0.6) is 0 Å². The third-order valence-electron chi connectivity index (χ3n) is 5.74. The maximum atomic E-state index is 12.8. The monoisotopic (exact) mass is 471 g/mol. The lowest BCUT2D eigenvalue weighted by Crippen LogP contribution is -2.36. The molecule has 1 aliphatic heterocycles. The molecule has 3 aromatic heterocycles. The molecule has 0 radical (unpaired) electrons. The number of imidazole rings is 1. The Kier molecular flexibility index (Phi) is 4.48. The first-order valence-electron chi connectivity index (χ1n) is 9.82. The van der Waals surface area contributed by atoms with E-state index in [1.165, 1.54) is 11.8 Å². The molecule has 2 aliphatic rings. The van der Waals surface area contributed by atoms with Gasteiger partial charge in [0.05, 0.1) is 39.1 Å². The van der Waals surface area contributed by atoms with Crippen LogP contribution >= 0.6 is 35.0 Å². The number of nitrogens with zero attached hydrogens (tertiary/aromatic N) is 3. The van der Waals surface area contributed by atoms with Crippen molar-refractivity contribution in [1.29, 1.82) is 0 Å². The van der Waals surface area contributed by atoms with E-state index in [9.17, 15) is 4.79 Å². The molecule has 156 valence electrons. The number of benzene rings is 1. The topological polar surface area (TPSA) is 99.9 Å². The molecular formula is C21H15Cl2N5O2S. The molecule has 0 amide bonds. The number of ketones is 1. The van der Waals surface area contributed by atoms with Gasteiger partial charge in [-0.25, -0.2) is 9.98 Å². The largest absolute Gasteiger partial charge is 0.454 e. The first kappa shape index (κ1) is 19.2. The number of hydrogen-bond donors (Lipinski definition) is 2. The summed E-state index contributed by atoms with van der Waals surface area (Å²) in [5, 5.41) is 9.36. The van der Waals surface area contributed by atoms with Gasteiger partial charge in [-0.2, -0.15) is 5.10 Å². The fourth-order valence-electron chi connectivity index (χ4n) is 4.37. The number of Topliss-reactive ketones (excluding diaryl/α,β-unsaturated/α-hetero) is 1. The van der Waals surface area contributed by atoms with Crippen molar-refractivity contribution in [2.75, 3.05) is 0 Å². The molecule has 0 saturated heterocycles. The van der Waals surface area contributed by atoms with E-state index in [0.29, 0.717) is 32.5 Å². The molecule has 31 heavy (non-hydrogen) atoms. The number of aliphatic imine (C=N–C) groups is 1. The quantitative estimate of drug-likeness (QED) is 0.385. The highest BCUT2D eigenvalue weighted by Gasteiger charge is 2.42. The minimum absolute atomic E-state index is 0.207. The summed E-state index contributed by atoms with van der Waals surface area (Å²) in [4.78, 5) is 25.2. The van der Waals surface area contributed by atoms with Crippen LogP contribution in [-0.2, 0) is 4.79 Å². The van der Waals surface area contributed by atoms with E-state index in [-0.39, 0.29) is 17.6 Å². The number of halogens is 2. The van der Waals surface area contributed by atoms with Gasteiger partial charge in [-0.05, 0) is 48.9 Å². The third kappa shape index (κ3) is 3.21. The van der Waals surface area contributed by atoms with E-state index in [2.05, 4.69) is 25.2 Å². The van der Waals surface area contributed by atoms with Crippen molar-refractivity contribution in [1.82, 2.24) is 20.2 Å². The van der Waals surface area contributed by atoms with Crippen LogP contribution in [0.3, 0.4) is 0 Å². The van der Waals surface area contributed by atoms with Crippen LogP contribution in [-0.4, -0.2) is 31.7 Å². The number of hydrogen-bond acceptors (Lipinski definition) is 6. The Balaban J connectivity index is 1.34. The van der Waals surface area contributed by atoms with Crippen molar-refractivity contribution >= 4 is 63.3 Å². The van der Waals surface area contributed by atoms with Gasteiger partial charge in [-0.1, -0.05) is 23.2 Å². The van der Waals surface area contributed by atoms with E-state index in [4.69, 9.17) is 27.6 Å². The van der Waals surface area contributed by atoms with E-state index < -0.39 is 0 Å². The third-order valence-corrected chi connectivity index (χ3v) is 7.27. The number of aromatic amines is 2. The predicted octanol–water partition coefficient (Wildman–Crippen LogP) is 5.92. The number of aromatic nitrogens is 4. The van der Waals surface area contributed by atoms with Crippen LogP contribution in [0.15, 0.2) is 50.1 Å². The van der Waals surface area contributed by atoms with Gasteiger partial charge in [0.25, 0.3) is 0 Å². The minimum Gasteiger partial charge on any atom is -0.454 e.